The van der Waals surface area contributed by atoms with E-state index in [1.165, 1.54) is 18.3 Å². The summed E-state index contributed by atoms with van der Waals surface area (Å²) in [6.45, 7) is 0.346. The van der Waals surface area contributed by atoms with Crippen molar-refractivity contribution >= 4 is 18.1 Å². The molecule has 31 heavy (non-hydrogen) atoms. The number of hydrogen-bond donors (Lipinski definition) is 4. The Morgan fingerprint density at radius 1 is 1.32 bits per heavy atom. The number of nitrogens with zero attached hydrogens (tertiary/aromatic N) is 2. The third-order valence-corrected chi connectivity index (χ3v) is 4.67. The first kappa shape index (κ1) is 24.0. The highest BCUT2D eigenvalue weighted by Gasteiger charge is 2.30. The number of benzene rings is 1. The zero-order valence-electron chi connectivity index (χ0n) is 16.8. The van der Waals surface area contributed by atoms with Crippen LogP contribution in [-0.4, -0.2) is 17.8 Å². The molecule has 0 spiro atoms. The number of nitriles is 1. The second kappa shape index (κ2) is 11.2. The Labute approximate surface area is 179 Å². The molecule has 164 valence electrons. The van der Waals surface area contributed by atoms with Crippen molar-refractivity contribution in [2.75, 3.05) is 5.73 Å². The van der Waals surface area contributed by atoms with Gasteiger partial charge in [0.25, 0.3) is 6.71 Å². The maximum Gasteiger partial charge on any atom is 0.416 e. The average molecular weight is 432 g/mol. The first-order valence-electron chi connectivity index (χ1n) is 9.53. The summed E-state index contributed by atoms with van der Waals surface area (Å²) in [7, 11) is 0. The minimum atomic E-state index is -4.30. The van der Waals surface area contributed by atoms with Crippen LogP contribution in [0.25, 0.3) is 5.70 Å². The summed E-state index contributed by atoms with van der Waals surface area (Å²) in [5.74, 6) is 7.26. The van der Waals surface area contributed by atoms with E-state index in [9.17, 15) is 13.2 Å². The second-order valence-corrected chi connectivity index (χ2v) is 7.04. The molecule has 1 aliphatic rings. The minimum absolute atomic E-state index is 0.0481. The van der Waals surface area contributed by atoms with Crippen LogP contribution in [0.3, 0.4) is 0 Å². The molecule has 1 unspecified atom stereocenters. The molecule has 1 saturated heterocycles. The lowest BCUT2D eigenvalue weighted by molar-refractivity contribution is -0.137. The molecule has 2 heterocycles. The van der Waals surface area contributed by atoms with Crippen LogP contribution < -0.4 is 22.7 Å². The van der Waals surface area contributed by atoms with E-state index in [1.54, 1.807) is 18.5 Å². The number of nitrogens with two attached hydrogens (primary N) is 3. The van der Waals surface area contributed by atoms with Crippen LogP contribution in [-0.2, 0) is 17.5 Å². The molecule has 0 saturated carbocycles. The molecule has 7 nitrogen and oxygen atoms in total. The molecule has 7 N–H and O–H groups in total. The molecule has 1 fully saturated rings. The van der Waals surface area contributed by atoms with Gasteiger partial charge in [-0.05, 0) is 36.5 Å². The van der Waals surface area contributed by atoms with E-state index in [-0.39, 0.29) is 12.8 Å². The lowest BCUT2D eigenvalue weighted by atomic mass is 9.50. The molecule has 1 atom stereocenters. The van der Waals surface area contributed by atoms with Gasteiger partial charge in [0.2, 0.25) is 0 Å². The number of nitrogens with one attached hydrogen (secondary N) is 1. The Kier molecular flexibility index (Phi) is 8.72. The van der Waals surface area contributed by atoms with Gasteiger partial charge in [0.15, 0.2) is 0 Å². The molecule has 1 aliphatic heterocycles. The van der Waals surface area contributed by atoms with Crippen LogP contribution in [0.15, 0.2) is 48.9 Å². The quantitative estimate of drug-likeness (QED) is 0.324. The maximum atomic E-state index is 12.4. The SMILES string of the molecule is N#CB1CCC(OCc2ccc(C(F)(F)F)cc2)C1.NN/C=C(\N)c1cncc(N)c1. The fraction of sp³-hybridized carbons (Fsp3) is 0.300. The number of halogens is 3. The summed E-state index contributed by atoms with van der Waals surface area (Å²) in [5.41, 5.74) is 15.3. The first-order valence-corrected chi connectivity index (χ1v) is 9.53. The first-order chi connectivity index (χ1) is 14.7. The van der Waals surface area contributed by atoms with E-state index < -0.39 is 11.7 Å². The highest BCUT2D eigenvalue weighted by Crippen LogP contribution is 2.29. The third kappa shape index (κ3) is 7.84. The summed E-state index contributed by atoms with van der Waals surface area (Å²) in [6, 6.07) is 6.70. The number of hydrazine groups is 1. The predicted octanol–water partition coefficient (Wildman–Crippen LogP) is 2.94. The smallest absolute Gasteiger partial charge is 0.397 e. The Morgan fingerprint density at radius 3 is 2.58 bits per heavy atom. The molecule has 11 heteroatoms. The van der Waals surface area contributed by atoms with Gasteiger partial charge in [0, 0.05) is 30.1 Å². The number of aromatic nitrogens is 1. The van der Waals surface area contributed by atoms with Gasteiger partial charge in [-0.2, -0.15) is 13.2 Å². The molecule has 0 amide bonds. The molecule has 1 aromatic heterocycles. The normalized spacial score (nSPS) is 16.3. The van der Waals surface area contributed by atoms with Crippen molar-refractivity contribution in [3.05, 3.63) is 65.6 Å². The van der Waals surface area contributed by atoms with Crippen molar-refractivity contribution in [2.45, 2.75) is 37.9 Å². The van der Waals surface area contributed by atoms with Crippen LogP contribution >= 0.6 is 0 Å². The molecule has 0 bridgehead atoms. The van der Waals surface area contributed by atoms with Crippen LogP contribution in [0.4, 0.5) is 18.9 Å². The highest BCUT2D eigenvalue weighted by molar-refractivity contribution is 6.67. The van der Waals surface area contributed by atoms with Gasteiger partial charge in [0.05, 0.1) is 29.7 Å². The van der Waals surface area contributed by atoms with Crippen molar-refractivity contribution in [1.82, 2.24) is 10.4 Å². The minimum Gasteiger partial charge on any atom is -0.397 e. The summed E-state index contributed by atoms with van der Waals surface area (Å²) in [5, 5.41) is 8.76. The van der Waals surface area contributed by atoms with Crippen molar-refractivity contribution < 1.29 is 17.9 Å². The van der Waals surface area contributed by atoms with Crippen LogP contribution in [0.1, 0.15) is 23.1 Å². The third-order valence-electron chi connectivity index (χ3n) is 4.67. The van der Waals surface area contributed by atoms with Crippen molar-refractivity contribution in [1.29, 1.82) is 5.26 Å². The van der Waals surface area contributed by atoms with E-state index in [1.807, 2.05) is 0 Å². The predicted molar refractivity (Wildman–Crippen MR) is 114 cm³/mol. The maximum absolute atomic E-state index is 12.4. The standard InChI is InChI=1S/C13H13BF3NO.C7H11N5/c15-13(16,17)11-3-1-10(2-4-11)8-19-12-5-6-14(7-12)9-18;8-6-1-5(2-11-3-6)7(9)4-12-10/h1-4,12H,5-8H2;1-4,12H,8-10H2/b;7-4-. The fourth-order valence-electron chi connectivity index (χ4n) is 3.00. The highest BCUT2D eigenvalue weighted by atomic mass is 19.4. The number of anilines is 1. The van der Waals surface area contributed by atoms with E-state index in [0.717, 1.165) is 36.8 Å². The second-order valence-electron chi connectivity index (χ2n) is 7.04. The van der Waals surface area contributed by atoms with Crippen molar-refractivity contribution in [3.63, 3.8) is 0 Å². The van der Waals surface area contributed by atoms with Gasteiger partial charge >= 0.3 is 6.18 Å². The lowest BCUT2D eigenvalue weighted by Gasteiger charge is -2.12. The number of nitrogen functional groups attached to an aromatic ring is 1. The molecule has 3 rings (SSSR count). The Balaban J connectivity index is 0.000000245. The molecule has 0 radical (unpaired) electrons. The number of hydrogen-bond acceptors (Lipinski definition) is 7. The molecule has 0 aliphatic carbocycles. The van der Waals surface area contributed by atoms with Gasteiger partial charge in [0.1, 0.15) is 0 Å². The van der Waals surface area contributed by atoms with Gasteiger partial charge in [-0.15, -0.1) is 0 Å². The number of rotatable bonds is 5. The topological polar surface area (TPSA) is 136 Å². The summed E-state index contributed by atoms with van der Waals surface area (Å²) in [4.78, 5) is 3.87. The van der Waals surface area contributed by atoms with Gasteiger partial charge in [-0.1, -0.05) is 18.5 Å². The van der Waals surface area contributed by atoms with E-state index in [0.29, 0.717) is 23.6 Å². The Hall–Kier alpha value is -3.23. The molecule has 2 aromatic rings. The van der Waals surface area contributed by atoms with E-state index in [2.05, 4.69) is 16.4 Å². The van der Waals surface area contributed by atoms with Crippen LogP contribution in [0, 0.1) is 11.2 Å². The van der Waals surface area contributed by atoms with Crippen LogP contribution in [0.5, 0.6) is 0 Å². The Bertz CT molecular complexity index is 914. The van der Waals surface area contributed by atoms with Gasteiger partial charge in [-0.25, -0.2) is 5.26 Å². The summed E-state index contributed by atoms with van der Waals surface area (Å²) in [6.07, 6.45) is 2.78. The van der Waals surface area contributed by atoms with E-state index in [4.69, 9.17) is 27.3 Å². The van der Waals surface area contributed by atoms with E-state index >= 15 is 0 Å². The van der Waals surface area contributed by atoms with Crippen LogP contribution in [0.2, 0.25) is 12.6 Å². The number of alkyl halides is 3. The number of ether oxygens (including phenoxy) is 1. The molecule has 1 aromatic carbocycles. The lowest BCUT2D eigenvalue weighted by Crippen LogP contribution is -2.16. The van der Waals surface area contributed by atoms with Crippen molar-refractivity contribution in [2.24, 2.45) is 11.6 Å². The Morgan fingerprint density at radius 2 is 2.03 bits per heavy atom. The summed E-state index contributed by atoms with van der Waals surface area (Å²) < 4.78 is 42.7. The fourth-order valence-corrected chi connectivity index (χ4v) is 3.00. The zero-order valence-corrected chi connectivity index (χ0v) is 16.8. The van der Waals surface area contributed by atoms with Crippen molar-refractivity contribution in [3.8, 4) is 5.97 Å². The van der Waals surface area contributed by atoms with Gasteiger partial charge in [-0.3, -0.25) is 10.8 Å². The average Bonchev–Trinajstić information content (AvgIpc) is 3.21. The number of pyridine rings is 1. The zero-order chi connectivity index (χ0) is 22.9. The summed E-state index contributed by atoms with van der Waals surface area (Å²) >= 11 is 0. The monoisotopic (exact) mass is 432 g/mol. The largest absolute Gasteiger partial charge is 0.416 e. The molecular weight excluding hydrogens is 408 g/mol. The molecular formula is C20H24BF3N6O. The van der Waals surface area contributed by atoms with Gasteiger partial charge < -0.3 is 21.6 Å².